The molecule has 0 saturated carbocycles. The Hall–Kier alpha value is -1.84. The minimum Gasteiger partial charge on any atom is -0.481 e. The molecule has 13 heavy (non-hydrogen) atoms. The van der Waals surface area contributed by atoms with E-state index in [1.165, 1.54) is 6.08 Å². The van der Waals surface area contributed by atoms with Gasteiger partial charge in [0.1, 0.15) is 0 Å². The van der Waals surface area contributed by atoms with Gasteiger partial charge in [0, 0.05) is 11.9 Å². The van der Waals surface area contributed by atoms with E-state index in [-0.39, 0.29) is 6.42 Å². The molecule has 0 atom stereocenters. The number of nitrogen functional groups attached to an aromatic ring is 1. The quantitative estimate of drug-likeness (QED) is 0.727. The van der Waals surface area contributed by atoms with E-state index in [1.807, 2.05) is 0 Å². The van der Waals surface area contributed by atoms with Crippen LogP contribution in [0.4, 0.5) is 5.69 Å². The van der Waals surface area contributed by atoms with Gasteiger partial charge in [0.25, 0.3) is 0 Å². The number of nitrogens with zero attached hydrogens (tertiary/aromatic N) is 1. The highest BCUT2D eigenvalue weighted by Crippen LogP contribution is 2.04. The van der Waals surface area contributed by atoms with Gasteiger partial charge < -0.3 is 10.8 Å². The lowest BCUT2D eigenvalue weighted by atomic mass is 10.3. The zero-order valence-corrected chi connectivity index (χ0v) is 6.97. The van der Waals surface area contributed by atoms with Crippen molar-refractivity contribution < 1.29 is 9.90 Å². The van der Waals surface area contributed by atoms with Crippen molar-refractivity contribution in [1.82, 2.24) is 4.98 Å². The van der Waals surface area contributed by atoms with Gasteiger partial charge in [0.2, 0.25) is 0 Å². The lowest BCUT2D eigenvalue weighted by Crippen LogP contribution is -1.90. The molecule has 0 fully saturated rings. The monoisotopic (exact) mass is 178 g/mol. The molecule has 0 aliphatic carbocycles. The fourth-order valence-electron chi connectivity index (χ4n) is 0.837. The van der Waals surface area contributed by atoms with Gasteiger partial charge >= 0.3 is 5.97 Å². The van der Waals surface area contributed by atoms with Gasteiger partial charge in [-0.2, -0.15) is 0 Å². The second-order valence-corrected chi connectivity index (χ2v) is 2.51. The summed E-state index contributed by atoms with van der Waals surface area (Å²) < 4.78 is 0. The summed E-state index contributed by atoms with van der Waals surface area (Å²) >= 11 is 0. The lowest BCUT2D eigenvalue weighted by molar-refractivity contribution is -0.135. The topological polar surface area (TPSA) is 76.2 Å². The van der Waals surface area contributed by atoms with E-state index >= 15 is 0 Å². The highest BCUT2D eigenvalue weighted by Gasteiger charge is 1.91. The Kier molecular flexibility index (Phi) is 3.03. The largest absolute Gasteiger partial charge is 0.481 e. The molecule has 68 valence electrons. The minimum atomic E-state index is -0.861. The van der Waals surface area contributed by atoms with Crippen LogP contribution in [0.3, 0.4) is 0 Å². The van der Waals surface area contributed by atoms with Crippen molar-refractivity contribution in [3.8, 4) is 0 Å². The molecule has 1 rings (SSSR count). The number of carbonyl (C=O) groups is 1. The zero-order valence-electron chi connectivity index (χ0n) is 6.97. The molecule has 1 aromatic rings. The van der Waals surface area contributed by atoms with Gasteiger partial charge in [0.15, 0.2) is 0 Å². The smallest absolute Gasteiger partial charge is 0.307 e. The summed E-state index contributed by atoms with van der Waals surface area (Å²) in [5.74, 6) is -0.861. The van der Waals surface area contributed by atoms with Crippen LogP contribution in [0.5, 0.6) is 0 Å². The van der Waals surface area contributed by atoms with E-state index < -0.39 is 5.97 Å². The Morgan fingerprint density at radius 3 is 3.08 bits per heavy atom. The van der Waals surface area contributed by atoms with Crippen LogP contribution in [-0.4, -0.2) is 16.1 Å². The van der Waals surface area contributed by atoms with Gasteiger partial charge in [-0.15, -0.1) is 0 Å². The number of hydrogen-bond donors (Lipinski definition) is 2. The molecule has 0 unspecified atom stereocenters. The molecule has 0 aliphatic heterocycles. The first-order valence-electron chi connectivity index (χ1n) is 3.78. The number of pyridine rings is 1. The van der Waals surface area contributed by atoms with Crippen molar-refractivity contribution >= 4 is 17.7 Å². The van der Waals surface area contributed by atoms with Crippen LogP contribution in [0.25, 0.3) is 6.08 Å². The molecule has 0 bridgehead atoms. The molecule has 1 heterocycles. The van der Waals surface area contributed by atoms with Gasteiger partial charge in [0.05, 0.1) is 12.1 Å². The maximum Gasteiger partial charge on any atom is 0.307 e. The van der Waals surface area contributed by atoms with Crippen molar-refractivity contribution in [2.24, 2.45) is 0 Å². The van der Waals surface area contributed by atoms with Crippen LogP contribution < -0.4 is 5.73 Å². The second kappa shape index (κ2) is 4.25. The van der Waals surface area contributed by atoms with Crippen LogP contribution >= 0.6 is 0 Å². The van der Waals surface area contributed by atoms with E-state index in [4.69, 9.17) is 10.8 Å². The van der Waals surface area contributed by atoms with Gasteiger partial charge in [-0.25, -0.2) is 0 Å². The Morgan fingerprint density at radius 2 is 2.46 bits per heavy atom. The van der Waals surface area contributed by atoms with E-state index in [1.54, 1.807) is 24.4 Å². The summed E-state index contributed by atoms with van der Waals surface area (Å²) in [6.07, 6.45) is 4.74. The molecule has 4 heteroatoms. The molecule has 3 N–H and O–H groups in total. The second-order valence-electron chi connectivity index (χ2n) is 2.51. The molecular formula is C9H10N2O2. The number of carboxylic acids is 1. The Balaban J connectivity index is 2.63. The van der Waals surface area contributed by atoms with E-state index in [9.17, 15) is 4.79 Å². The number of carboxylic acid groups (broad SMARTS) is 1. The number of aliphatic carboxylic acids is 1. The van der Waals surface area contributed by atoms with E-state index in [0.717, 1.165) is 0 Å². The maximum absolute atomic E-state index is 10.2. The molecule has 0 spiro atoms. The molecular weight excluding hydrogens is 168 g/mol. The first kappa shape index (κ1) is 9.25. The van der Waals surface area contributed by atoms with Gasteiger partial charge in [-0.05, 0) is 18.2 Å². The summed E-state index contributed by atoms with van der Waals surface area (Å²) in [4.78, 5) is 14.1. The first-order valence-corrected chi connectivity index (χ1v) is 3.78. The highest BCUT2D eigenvalue weighted by atomic mass is 16.4. The Morgan fingerprint density at radius 1 is 1.69 bits per heavy atom. The summed E-state index contributed by atoms with van der Waals surface area (Å²) in [6, 6.07) is 3.35. The van der Waals surface area contributed by atoms with Crippen molar-refractivity contribution in [2.45, 2.75) is 6.42 Å². The predicted molar refractivity (Wildman–Crippen MR) is 49.9 cm³/mol. The van der Waals surface area contributed by atoms with Crippen molar-refractivity contribution in [3.05, 3.63) is 30.1 Å². The molecule has 0 radical (unpaired) electrons. The Bertz CT molecular complexity index is 334. The normalized spacial score (nSPS) is 10.5. The van der Waals surface area contributed by atoms with Crippen molar-refractivity contribution in [3.63, 3.8) is 0 Å². The molecule has 0 amide bonds. The third-order valence-electron chi connectivity index (χ3n) is 1.39. The molecule has 1 aromatic heterocycles. The minimum absolute atomic E-state index is 0.00349. The third-order valence-corrected chi connectivity index (χ3v) is 1.39. The molecule has 0 aliphatic rings. The average molecular weight is 178 g/mol. The first-order chi connectivity index (χ1) is 6.18. The van der Waals surface area contributed by atoms with Crippen molar-refractivity contribution in [1.29, 1.82) is 0 Å². The number of anilines is 1. The average Bonchev–Trinajstić information content (AvgIpc) is 2.03. The van der Waals surface area contributed by atoms with Gasteiger partial charge in [-0.1, -0.05) is 6.08 Å². The summed E-state index contributed by atoms with van der Waals surface area (Å²) in [7, 11) is 0. The summed E-state index contributed by atoms with van der Waals surface area (Å²) in [5, 5.41) is 8.35. The van der Waals surface area contributed by atoms with E-state index in [2.05, 4.69) is 4.98 Å². The fourth-order valence-corrected chi connectivity index (χ4v) is 0.837. The molecule has 0 saturated heterocycles. The fraction of sp³-hybridized carbons (Fsp3) is 0.111. The third kappa shape index (κ3) is 3.37. The predicted octanol–water partition coefficient (Wildman–Crippen LogP) is 1.15. The van der Waals surface area contributed by atoms with E-state index in [0.29, 0.717) is 11.4 Å². The number of rotatable bonds is 3. The van der Waals surface area contributed by atoms with Crippen LogP contribution in [-0.2, 0) is 4.79 Å². The summed E-state index contributed by atoms with van der Waals surface area (Å²) in [6.45, 7) is 0. The molecule has 4 nitrogen and oxygen atoms in total. The SMILES string of the molecule is Nc1ccnc(C=CCC(=O)O)c1. The standard InChI is InChI=1S/C9H10N2O2/c10-7-4-5-11-8(6-7)2-1-3-9(12)13/h1-2,4-6H,3H2,(H2,10,11)(H,12,13). The number of nitrogens with two attached hydrogens (primary N) is 1. The number of hydrogen-bond acceptors (Lipinski definition) is 3. The van der Waals surface area contributed by atoms with Crippen LogP contribution in [0.2, 0.25) is 0 Å². The Labute approximate surface area is 75.7 Å². The van der Waals surface area contributed by atoms with Crippen LogP contribution in [0, 0.1) is 0 Å². The van der Waals surface area contributed by atoms with Gasteiger partial charge in [-0.3, -0.25) is 9.78 Å². The summed E-state index contributed by atoms with van der Waals surface area (Å²) in [5.41, 5.74) is 6.78. The lowest BCUT2D eigenvalue weighted by Gasteiger charge is -1.93. The molecule has 0 aromatic carbocycles. The number of aromatic nitrogens is 1. The zero-order chi connectivity index (χ0) is 9.68. The maximum atomic E-state index is 10.2. The van der Waals surface area contributed by atoms with Crippen molar-refractivity contribution in [2.75, 3.05) is 5.73 Å². The van der Waals surface area contributed by atoms with Crippen LogP contribution in [0.1, 0.15) is 12.1 Å². The highest BCUT2D eigenvalue weighted by molar-refractivity contribution is 5.70. The van der Waals surface area contributed by atoms with Crippen LogP contribution in [0.15, 0.2) is 24.4 Å².